The van der Waals surface area contributed by atoms with Gasteiger partial charge in [0.15, 0.2) is 11.5 Å². The number of ether oxygens (including phenoxy) is 3. The van der Waals surface area contributed by atoms with Gasteiger partial charge in [0, 0.05) is 49.3 Å². The van der Waals surface area contributed by atoms with Crippen LogP contribution in [0, 0.1) is 16.4 Å². The molecule has 0 unspecified atom stereocenters. The standard InChI is InChI=1S/C19H25N5O3.C7H6O/c1-26-15-10-13-14(11-16(15)27-2)21-19(22-18(13)20)24-7-5-23(6-8-24)17(25)9-12-3-4-12;1-8-7-4-5-2-3-6(5)7/h10-12H,3-9H2,1-2H3,(H2,20,21,22);2-4H,1H3. The zero-order valence-corrected chi connectivity index (χ0v) is 20.4. The van der Waals surface area contributed by atoms with Gasteiger partial charge < -0.3 is 29.7 Å². The largest absolute Gasteiger partial charge is 0.496 e. The number of nitrogens with zero attached hydrogens (tertiary/aromatic N) is 4. The van der Waals surface area contributed by atoms with Crippen molar-refractivity contribution in [2.24, 2.45) is 5.92 Å². The van der Waals surface area contributed by atoms with Crippen LogP contribution in [0.3, 0.4) is 0 Å². The second-order valence-corrected chi connectivity index (χ2v) is 9.06. The van der Waals surface area contributed by atoms with E-state index < -0.39 is 0 Å². The molecule has 2 heterocycles. The van der Waals surface area contributed by atoms with Crippen LogP contribution in [0.2, 0.25) is 0 Å². The van der Waals surface area contributed by atoms with E-state index in [1.165, 1.54) is 23.3 Å². The Kier molecular flexibility index (Phi) is 6.23. The van der Waals surface area contributed by atoms with Gasteiger partial charge in [0.05, 0.1) is 26.8 Å². The number of piperazine rings is 1. The van der Waals surface area contributed by atoms with Gasteiger partial charge in [0.1, 0.15) is 11.6 Å². The highest BCUT2D eigenvalue weighted by Gasteiger charge is 2.29. The molecule has 35 heavy (non-hydrogen) atoms. The quantitative estimate of drug-likeness (QED) is 0.452. The van der Waals surface area contributed by atoms with Gasteiger partial charge in [0.2, 0.25) is 11.9 Å². The monoisotopic (exact) mass is 477 g/mol. The maximum absolute atomic E-state index is 12.3. The zero-order valence-electron chi connectivity index (χ0n) is 20.4. The Hall–Kier alpha value is -3.75. The van der Waals surface area contributed by atoms with E-state index in [0.717, 1.165) is 11.1 Å². The van der Waals surface area contributed by atoms with E-state index in [1.807, 2.05) is 17.0 Å². The van der Waals surface area contributed by atoms with E-state index in [1.54, 1.807) is 27.4 Å². The summed E-state index contributed by atoms with van der Waals surface area (Å²) < 4.78 is 15.7. The molecule has 2 fully saturated rings. The third-order valence-electron chi connectivity index (χ3n) is 6.81. The number of nitrogen functional groups attached to an aromatic ring is 1. The number of hydrogen-bond donors (Lipinski definition) is 1. The minimum absolute atomic E-state index is 0.271. The second-order valence-electron chi connectivity index (χ2n) is 9.06. The number of anilines is 2. The molecule has 0 atom stereocenters. The first-order valence-electron chi connectivity index (χ1n) is 11.9. The minimum atomic E-state index is 0.271. The number of benzene rings is 2. The van der Waals surface area contributed by atoms with Gasteiger partial charge in [-0.05, 0) is 36.1 Å². The number of methoxy groups -OCH3 is 3. The average molecular weight is 478 g/mol. The molecule has 1 aromatic carbocycles. The van der Waals surface area contributed by atoms with Gasteiger partial charge in [-0.25, -0.2) is 4.98 Å². The van der Waals surface area contributed by atoms with E-state index in [4.69, 9.17) is 19.9 Å². The van der Waals surface area contributed by atoms with Crippen molar-refractivity contribution in [3.05, 3.63) is 40.8 Å². The summed E-state index contributed by atoms with van der Waals surface area (Å²) in [6.07, 6.45) is 3.09. The van der Waals surface area contributed by atoms with Crippen molar-refractivity contribution < 1.29 is 19.0 Å². The Balaban J connectivity index is 0.000000265. The van der Waals surface area contributed by atoms with Crippen LogP contribution in [-0.2, 0) is 4.79 Å². The lowest BCUT2D eigenvalue weighted by Crippen LogP contribution is -2.49. The van der Waals surface area contributed by atoms with Crippen molar-refractivity contribution in [3.8, 4) is 17.2 Å². The van der Waals surface area contributed by atoms with Crippen LogP contribution >= 0.6 is 0 Å². The van der Waals surface area contributed by atoms with Crippen LogP contribution in [0.25, 0.3) is 10.9 Å². The van der Waals surface area contributed by atoms with Crippen molar-refractivity contribution >= 4 is 28.6 Å². The van der Waals surface area contributed by atoms with Crippen LogP contribution in [0.5, 0.6) is 17.2 Å². The van der Waals surface area contributed by atoms with Crippen LogP contribution in [-0.4, -0.2) is 68.3 Å². The lowest BCUT2D eigenvalue weighted by Gasteiger charge is -2.35. The maximum atomic E-state index is 12.3. The Labute approximate surface area is 204 Å². The predicted molar refractivity (Wildman–Crippen MR) is 134 cm³/mol. The van der Waals surface area contributed by atoms with Crippen LogP contribution < -0.4 is 24.8 Å². The molecule has 1 saturated carbocycles. The molecule has 6 rings (SSSR count). The molecular weight excluding hydrogens is 446 g/mol. The average Bonchev–Trinajstić information content (AvgIpc) is 3.69. The molecule has 0 spiro atoms. The maximum Gasteiger partial charge on any atom is 0.228 e. The first-order chi connectivity index (χ1) is 17.0. The number of fused-ring (bicyclic) bond motifs is 1. The zero-order chi connectivity index (χ0) is 24.5. The molecule has 9 nitrogen and oxygen atoms in total. The lowest BCUT2D eigenvalue weighted by molar-refractivity contribution is -0.131. The van der Waals surface area contributed by atoms with Crippen molar-refractivity contribution in [2.75, 3.05) is 58.1 Å². The number of hydrogen-bond acceptors (Lipinski definition) is 8. The van der Waals surface area contributed by atoms with Gasteiger partial charge >= 0.3 is 0 Å². The van der Waals surface area contributed by atoms with Crippen molar-refractivity contribution in [2.45, 2.75) is 19.3 Å². The van der Waals surface area contributed by atoms with Gasteiger partial charge in [-0.3, -0.25) is 4.79 Å². The molecule has 1 aromatic heterocycles. The number of carbonyl (C=O) groups is 1. The summed E-state index contributed by atoms with van der Waals surface area (Å²) in [4.78, 5) is 25.5. The number of rotatable bonds is 6. The van der Waals surface area contributed by atoms with Crippen LogP contribution in [0.15, 0.2) is 30.3 Å². The van der Waals surface area contributed by atoms with E-state index >= 15 is 0 Å². The number of carbonyl (C=O) groups excluding carboxylic acids is 1. The fourth-order valence-electron chi connectivity index (χ4n) is 4.39. The molecule has 9 heteroatoms. The third-order valence-corrected chi connectivity index (χ3v) is 6.81. The highest BCUT2D eigenvalue weighted by atomic mass is 16.5. The fourth-order valence-corrected chi connectivity index (χ4v) is 4.39. The molecule has 0 bridgehead atoms. The molecule has 3 aliphatic carbocycles. The van der Waals surface area contributed by atoms with Gasteiger partial charge in [-0.15, -0.1) is 0 Å². The van der Waals surface area contributed by atoms with Gasteiger partial charge in [-0.1, -0.05) is 12.1 Å². The molecule has 184 valence electrons. The topological polar surface area (TPSA) is 103 Å². The third kappa shape index (κ3) is 4.62. The van der Waals surface area contributed by atoms with Gasteiger partial charge in [0.25, 0.3) is 0 Å². The summed E-state index contributed by atoms with van der Waals surface area (Å²) in [6.45, 7) is 2.79. The van der Waals surface area contributed by atoms with E-state index in [0.29, 0.717) is 67.3 Å². The molecule has 2 N–H and O–H groups in total. The van der Waals surface area contributed by atoms with E-state index in [9.17, 15) is 4.79 Å². The molecule has 0 radical (unpaired) electrons. The fraction of sp³-hybridized carbons (Fsp3) is 0.423. The molecule has 4 aliphatic rings. The number of nitrogens with two attached hydrogens (primary N) is 1. The molecule has 1 saturated heterocycles. The van der Waals surface area contributed by atoms with E-state index in [-0.39, 0.29) is 5.91 Å². The lowest BCUT2D eigenvalue weighted by atomic mass is 10.1. The highest BCUT2D eigenvalue weighted by molar-refractivity contribution is 5.91. The molecule has 1 amide bonds. The summed E-state index contributed by atoms with van der Waals surface area (Å²) in [5.41, 5.74) is 6.89. The second kappa shape index (κ2) is 9.48. The van der Waals surface area contributed by atoms with E-state index in [2.05, 4.69) is 27.0 Å². The number of amides is 1. The van der Waals surface area contributed by atoms with Crippen molar-refractivity contribution in [3.63, 3.8) is 0 Å². The summed E-state index contributed by atoms with van der Waals surface area (Å²) in [6, 6.07) is 9.79. The number of aromatic nitrogens is 2. The normalized spacial score (nSPS) is 15.9. The summed E-state index contributed by atoms with van der Waals surface area (Å²) >= 11 is 0. The Bertz CT molecular complexity index is 1350. The van der Waals surface area contributed by atoms with Crippen LogP contribution in [0.1, 0.15) is 19.3 Å². The Morgan fingerprint density at radius 2 is 1.63 bits per heavy atom. The molecule has 1 aliphatic heterocycles. The summed E-state index contributed by atoms with van der Waals surface area (Å²) in [5, 5.41) is 3.35. The Morgan fingerprint density at radius 3 is 2.14 bits per heavy atom. The highest BCUT2D eigenvalue weighted by Crippen LogP contribution is 2.35. The Morgan fingerprint density at radius 1 is 0.943 bits per heavy atom. The van der Waals surface area contributed by atoms with Gasteiger partial charge in [-0.2, -0.15) is 4.98 Å². The smallest absolute Gasteiger partial charge is 0.228 e. The first kappa shape index (κ1) is 23.0. The van der Waals surface area contributed by atoms with Crippen molar-refractivity contribution in [1.29, 1.82) is 0 Å². The first-order valence-corrected chi connectivity index (χ1v) is 11.9. The molecule has 2 aromatic rings. The summed E-state index contributed by atoms with van der Waals surface area (Å²) in [5.74, 6) is 4.10. The SMILES string of the molecule is COc1cc2ccc1=2.COc1cc2nc(N3CCN(C(=O)CC4CC4)CC3)nc(N)c2cc1OC. The summed E-state index contributed by atoms with van der Waals surface area (Å²) in [7, 11) is 4.87. The van der Waals surface area contributed by atoms with Crippen LogP contribution in [0.4, 0.5) is 11.8 Å². The van der Waals surface area contributed by atoms with Crippen molar-refractivity contribution in [1.82, 2.24) is 14.9 Å². The molecular formula is C26H31N5O4. The minimum Gasteiger partial charge on any atom is -0.496 e. The predicted octanol–water partition coefficient (Wildman–Crippen LogP) is 2.97.